The van der Waals surface area contributed by atoms with Crippen molar-refractivity contribution in [3.8, 4) is 0 Å². The van der Waals surface area contributed by atoms with Crippen molar-refractivity contribution in [2.45, 2.75) is 19.8 Å². The first kappa shape index (κ1) is 14.7. The number of rotatable bonds is 7. The van der Waals surface area contributed by atoms with Gasteiger partial charge in [0, 0.05) is 13.2 Å². The van der Waals surface area contributed by atoms with E-state index in [2.05, 4.69) is 10.3 Å². The Hall–Kier alpha value is -1.33. The van der Waals surface area contributed by atoms with E-state index in [4.69, 9.17) is 21.8 Å². The number of nitrogens with zero attached hydrogens (tertiary/aromatic N) is 1. The third-order valence-electron chi connectivity index (χ3n) is 2.76. The Labute approximate surface area is 111 Å². The predicted octanol–water partition coefficient (Wildman–Crippen LogP) is 2.25. The van der Waals surface area contributed by atoms with Crippen molar-refractivity contribution in [3.63, 3.8) is 0 Å². The smallest absolute Gasteiger partial charge is 0.339 e. The summed E-state index contributed by atoms with van der Waals surface area (Å²) in [7, 11) is 0. The lowest BCUT2D eigenvalue weighted by atomic mass is 10.0. The van der Waals surface area contributed by atoms with Crippen molar-refractivity contribution in [1.29, 1.82) is 0 Å². The van der Waals surface area contributed by atoms with Crippen LogP contribution in [0, 0.1) is 5.92 Å². The number of aromatic nitrogens is 1. The topological polar surface area (TPSA) is 82.5 Å². The lowest BCUT2D eigenvalue weighted by molar-refractivity contribution is 0.0697. The molecular formula is C12H17ClN2O3. The predicted molar refractivity (Wildman–Crippen MR) is 70.2 cm³/mol. The number of halogens is 1. The summed E-state index contributed by atoms with van der Waals surface area (Å²) in [6.45, 7) is 2.70. The minimum atomic E-state index is -1.04. The lowest BCUT2D eigenvalue weighted by Gasteiger charge is -2.15. The van der Waals surface area contributed by atoms with Crippen LogP contribution in [-0.4, -0.2) is 34.3 Å². The third-order valence-corrected chi connectivity index (χ3v) is 2.98. The number of anilines is 1. The van der Waals surface area contributed by atoms with Crippen LogP contribution in [0.5, 0.6) is 0 Å². The monoisotopic (exact) mass is 272 g/mol. The minimum absolute atomic E-state index is 0.0956. The lowest BCUT2D eigenvalue weighted by Crippen LogP contribution is -2.17. The first-order valence-electron chi connectivity index (χ1n) is 5.83. The number of carbonyl (C=O) groups is 1. The molecule has 0 saturated carbocycles. The average molecular weight is 273 g/mol. The van der Waals surface area contributed by atoms with Gasteiger partial charge in [0.25, 0.3) is 0 Å². The van der Waals surface area contributed by atoms with Crippen LogP contribution >= 0.6 is 11.6 Å². The van der Waals surface area contributed by atoms with Crippen molar-refractivity contribution in [2.75, 3.05) is 18.5 Å². The molecule has 1 rings (SSSR count). The molecule has 100 valence electrons. The fourth-order valence-electron chi connectivity index (χ4n) is 1.62. The van der Waals surface area contributed by atoms with Crippen molar-refractivity contribution >= 4 is 23.4 Å². The van der Waals surface area contributed by atoms with E-state index in [1.165, 1.54) is 12.1 Å². The Balaban J connectivity index is 2.76. The molecule has 1 atom stereocenters. The molecule has 3 N–H and O–H groups in total. The Morgan fingerprint density at radius 2 is 2.28 bits per heavy atom. The molecule has 0 radical (unpaired) electrons. The molecule has 1 heterocycles. The van der Waals surface area contributed by atoms with Gasteiger partial charge in [-0.2, -0.15) is 0 Å². The zero-order valence-electron chi connectivity index (χ0n) is 10.2. The van der Waals surface area contributed by atoms with Crippen molar-refractivity contribution in [1.82, 2.24) is 4.98 Å². The van der Waals surface area contributed by atoms with E-state index < -0.39 is 5.97 Å². The summed E-state index contributed by atoms with van der Waals surface area (Å²) in [5, 5.41) is 21.1. The largest absolute Gasteiger partial charge is 0.478 e. The molecule has 0 aromatic carbocycles. The number of carboxylic acids is 1. The van der Waals surface area contributed by atoms with E-state index in [1.807, 2.05) is 6.92 Å². The molecule has 0 aliphatic heterocycles. The van der Waals surface area contributed by atoms with E-state index in [9.17, 15) is 4.79 Å². The van der Waals surface area contributed by atoms with Gasteiger partial charge in [0.1, 0.15) is 16.5 Å². The van der Waals surface area contributed by atoms with Crippen LogP contribution in [0.4, 0.5) is 5.82 Å². The molecule has 5 nitrogen and oxygen atoms in total. The zero-order chi connectivity index (χ0) is 13.5. The molecule has 6 heteroatoms. The highest BCUT2D eigenvalue weighted by Crippen LogP contribution is 2.18. The second-order valence-corrected chi connectivity index (χ2v) is 4.39. The summed E-state index contributed by atoms with van der Waals surface area (Å²) in [5.41, 5.74) is 0.0956. The normalized spacial score (nSPS) is 12.2. The number of aromatic carboxylic acids is 1. The molecular weight excluding hydrogens is 256 g/mol. The van der Waals surface area contributed by atoms with Gasteiger partial charge in [-0.15, -0.1) is 0 Å². The fourth-order valence-corrected chi connectivity index (χ4v) is 1.76. The molecule has 0 fully saturated rings. The number of carboxylic acid groups (broad SMARTS) is 1. The van der Waals surface area contributed by atoms with Crippen molar-refractivity contribution in [2.24, 2.45) is 5.92 Å². The first-order valence-corrected chi connectivity index (χ1v) is 6.20. The number of nitrogens with one attached hydrogen (secondary N) is 1. The SMILES string of the molecule is CCC(CCO)CNc1nc(Cl)ccc1C(=O)O. The Morgan fingerprint density at radius 1 is 1.56 bits per heavy atom. The van der Waals surface area contributed by atoms with Gasteiger partial charge in [0.15, 0.2) is 0 Å². The Kier molecular flexibility index (Phi) is 5.88. The van der Waals surface area contributed by atoms with Gasteiger partial charge in [-0.3, -0.25) is 0 Å². The Morgan fingerprint density at radius 3 is 2.83 bits per heavy atom. The quantitative estimate of drug-likeness (QED) is 0.663. The summed E-state index contributed by atoms with van der Waals surface area (Å²) < 4.78 is 0. The summed E-state index contributed by atoms with van der Waals surface area (Å²) >= 11 is 5.75. The van der Waals surface area contributed by atoms with E-state index in [1.54, 1.807) is 0 Å². The minimum Gasteiger partial charge on any atom is -0.478 e. The van der Waals surface area contributed by atoms with Gasteiger partial charge in [-0.1, -0.05) is 24.9 Å². The standard InChI is InChI=1S/C12H17ClN2O3/c1-2-8(5-6-16)7-14-11-9(12(17)18)3-4-10(13)15-11/h3-4,8,16H,2,5-7H2,1H3,(H,14,15)(H,17,18). The van der Waals surface area contributed by atoms with Crippen LogP contribution in [0.3, 0.4) is 0 Å². The summed E-state index contributed by atoms with van der Waals surface area (Å²) in [5.74, 6) is -0.499. The molecule has 0 aliphatic carbocycles. The van der Waals surface area contributed by atoms with E-state index >= 15 is 0 Å². The highest BCUT2D eigenvalue weighted by Gasteiger charge is 2.13. The molecule has 1 aromatic rings. The maximum atomic E-state index is 11.0. The Bertz CT molecular complexity index is 412. The highest BCUT2D eigenvalue weighted by atomic mass is 35.5. The summed E-state index contributed by atoms with van der Waals surface area (Å²) in [4.78, 5) is 15.0. The molecule has 1 unspecified atom stereocenters. The fraction of sp³-hybridized carbons (Fsp3) is 0.500. The van der Waals surface area contributed by atoms with Crippen LogP contribution < -0.4 is 5.32 Å². The summed E-state index contributed by atoms with van der Waals surface area (Å²) in [6, 6.07) is 2.87. The first-order chi connectivity index (χ1) is 8.58. The summed E-state index contributed by atoms with van der Waals surface area (Å²) in [6.07, 6.45) is 1.57. The second kappa shape index (κ2) is 7.18. The number of pyridine rings is 1. The number of aliphatic hydroxyl groups is 1. The highest BCUT2D eigenvalue weighted by molar-refractivity contribution is 6.29. The molecule has 0 bridgehead atoms. The average Bonchev–Trinajstić information content (AvgIpc) is 2.34. The second-order valence-electron chi connectivity index (χ2n) is 4.00. The van der Waals surface area contributed by atoms with Crippen LogP contribution in [0.25, 0.3) is 0 Å². The van der Waals surface area contributed by atoms with Gasteiger partial charge in [-0.05, 0) is 24.5 Å². The van der Waals surface area contributed by atoms with Crippen LogP contribution in [-0.2, 0) is 0 Å². The van der Waals surface area contributed by atoms with Crippen LogP contribution in [0.2, 0.25) is 5.15 Å². The van der Waals surface area contributed by atoms with Gasteiger partial charge in [0.05, 0.1) is 0 Å². The van der Waals surface area contributed by atoms with Crippen molar-refractivity contribution in [3.05, 3.63) is 22.8 Å². The molecule has 0 spiro atoms. The maximum Gasteiger partial charge on any atom is 0.339 e. The van der Waals surface area contributed by atoms with Crippen molar-refractivity contribution < 1.29 is 15.0 Å². The third kappa shape index (κ3) is 4.16. The molecule has 0 saturated heterocycles. The number of hydrogen-bond donors (Lipinski definition) is 3. The molecule has 1 aromatic heterocycles. The number of aliphatic hydroxyl groups excluding tert-OH is 1. The van der Waals surface area contributed by atoms with Crippen LogP contribution in [0.1, 0.15) is 30.1 Å². The van der Waals surface area contributed by atoms with E-state index in [0.29, 0.717) is 13.0 Å². The van der Waals surface area contributed by atoms with E-state index in [0.717, 1.165) is 6.42 Å². The van der Waals surface area contributed by atoms with Crippen LogP contribution in [0.15, 0.2) is 12.1 Å². The van der Waals surface area contributed by atoms with Gasteiger partial charge >= 0.3 is 5.97 Å². The number of hydrogen-bond acceptors (Lipinski definition) is 4. The zero-order valence-corrected chi connectivity index (χ0v) is 10.9. The van der Waals surface area contributed by atoms with Gasteiger partial charge in [-0.25, -0.2) is 9.78 Å². The molecule has 0 amide bonds. The molecule has 0 aliphatic rings. The molecule has 18 heavy (non-hydrogen) atoms. The van der Waals surface area contributed by atoms with Gasteiger partial charge in [0.2, 0.25) is 0 Å². The maximum absolute atomic E-state index is 11.0. The van der Waals surface area contributed by atoms with E-state index in [-0.39, 0.29) is 29.1 Å². The van der Waals surface area contributed by atoms with Gasteiger partial charge < -0.3 is 15.5 Å².